The Kier molecular flexibility index (Phi) is 7.04. The van der Waals surface area contributed by atoms with E-state index in [1.54, 1.807) is 0 Å². The number of hydrogen-bond acceptors (Lipinski definition) is 1. The van der Waals surface area contributed by atoms with Gasteiger partial charge >= 0.3 is 0 Å². The summed E-state index contributed by atoms with van der Waals surface area (Å²) in [4.78, 5) is 2.45. The summed E-state index contributed by atoms with van der Waals surface area (Å²) < 4.78 is 2.64. The highest BCUT2D eigenvalue weighted by Gasteiger charge is 2.46. The van der Waals surface area contributed by atoms with Gasteiger partial charge in [-0.05, 0) is 101 Å². The van der Waals surface area contributed by atoms with Gasteiger partial charge in [0.25, 0.3) is 0 Å². The lowest BCUT2D eigenvalue weighted by Crippen LogP contribution is -2.17. The van der Waals surface area contributed by atoms with E-state index in [2.05, 4.69) is 192 Å². The number of fused-ring (bicyclic) bond motifs is 10. The summed E-state index contributed by atoms with van der Waals surface area (Å²) >= 11 is 0. The average molecular weight is 693 g/mol. The highest BCUT2D eigenvalue weighted by Crippen LogP contribution is 2.60. The molecule has 6 aromatic carbocycles. The Morgan fingerprint density at radius 1 is 0.722 bits per heavy atom. The monoisotopic (exact) mass is 692 g/mol. The Hall–Kier alpha value is -6.56. The molecule has 2 nitrogen and oxygen atoms in total. The smallest absolute Gasteiger partial charge is 0.0624 e. The second kappa shape index (κ2) is 12.3. The van der Waals surface area contributed by atoms with Crippen LogP contribution in [0.5, 0.6) is 0 Å². The van der Waals surface area contributed by atoms with Crippen LogP contribution in [-0.2, 0) is 0 Å². The van der Waals surface area contributed by atoms with Crippen molar-refractivity contribution in [2.24, 2.45) is 5.92 Å². The molecular weight excluding hydrogens is 653 g/mol. The third-order valence-corrected chi connectivity index (χ3v) is 12.0. The number of nitrogens with zero attached hydrogens (tertiary/aromatic N) is 2. The number of anilines is 1. The van der Waals surface area contributed by atoms with Crippen LogP contribution in [0.2, 0.25) is 0 Å². The number of hydrogen-bond donors (Lipinski definition) is 0. The molecule has 0 spiro atoms. The fourth-order valence-electron chi connectivity index (χ4n) is 9.43. The third kappa shape index (κ3) is 4.82. The van der Waals surface area contributed by atoms with E-state index in [0.717, 1.165) is 18.5 Å². The van der Waals surface area contributed by atoms with Gasteiger partial charge < -0.3 is 9.47 Å². The summed E-state index contributed by atoms with van der Waals surface area (Å²) in [5, 5.41) is 1.27. The zero-order valence-corrected chi connectivity index (χ0v) is 30.3. The highest BCUT2D eigenvalue weighted by molar-refractivity contribution is 6.16. The summed E-state index contributed by atoms with van der Waals surface area (Å²) in [5.41, 5.74) is 20.0. The van der Waals surface area contributed by atoms with E-state index < -0.39 is 0 Å². The van der Waals surface area contributed by atoms with Crippen LogP contribution in [0.1, 0.15) is 49.0 Å². The number of benzene rings is 5. The van der Waals surface area contributed by atoms with E-state index in [4.69, 9.17) is 0 Å². The fourth-order valence-corrected chi connectivity index (χ4v) is 9.43. The van der Waals surface area contributed by atoms with Gasteiger partial charge in [-0.3, -0.25) is 0 Å². The molecule has 0 N–H and O–H groups in total. The van der Waals surface area contributed by atoms with E-state index in [1.165, 1.54) is 95.6 Å². The third-order valence-electron chi connectivity index (χ3n) is 12.0. The zero-order chi connectivity index (χ0) is 35.8. The largest absolute Gasteiger partial charge is 0.343 e. The Bertz CT molecular complexity index is 2760. The molecule has 0 radical (unpaired) electrons. The van der Waals surface area contributed by atoms with E-state index >= 15 is 0 Å². The van der Waals surface area contributed by atoms with Crippen LogP contribution in [0.4, 0.5) is 5.69 Å². The lowest BCUT2D eigenvalue weighted by Gasteiger charge is -2.26. The minimum Gasteiger partial charge on any atom is -0.343 e. The van der Waals surface area contributed by atoms with Gasteiger partial charge in [-0.2, -0.15) is 0 Å². The molecule has 1 aromatic heterocycles. The highest BCUT2D eigenvalue weighted by atomic mass is 15.1. The standard InChI is InChI=1S/C52H38N2.H2/c1-53-48-28-15-14-25-44(48)49-45-27-16-26-41(36-21-10-5-11-22-36)51(45)54(52(49)47-33-39-32-46(39)42-23-12-13-24-43(42)50(47)53)40-30-37(34-17-6-2-3-7-18-34)29-38(31-40)35-19-8-4-9-20-35;/h2,4-12,14-23,25-31,39,46H,3,32-33H2,1H3;1H. The number of para-hydroxylation sites is 2. The first-order valence-electron chi connectivity index (χ1n) is 19.2. The molecule has 4 aliphatic rings. The van der Waals surface area contributed by atoms with Crippen molar-refractivity contribution in [2.75, 3.05) is 11.9 Å². The normalized spacial score (nSPS) is 17.9. The molecule has 54 heavy (non-hydrogen) atoms. The molecule has 1 saturated carbocycles. The molecule has 0 amide bonds. The van der Waals surface area contributed by atoms with Gasteiger partial charge in [0.05, 0.1) is 22.5 Å². The van der Waals surface area contributed by atoms with Crippen molar-refractivity contribution in [2.45, 2.75) is 25.2 Å². The SMILES string of the molecule is CN1C2=C(CC3CC3c3ccc#cc32)c2c(c3cccc(-c4ccccc4)c3n2-c2cc(C3=CC=CCC=C3)cc(-c3ccccc3)c2)-c2ccccc21.[HH]. The first kappa shape index (κ1) is 31.0. The number of allylic oxidation sites excluding steroid dienone is 7. The fraction of sp³-hybridized carbons (Fsp3) is 0.115. The van der Waals surface area contributed by atoms with E-state index in [-0.39, 0.29) is 1.43 Å². The molecule has 2 heteroatoms. The maximum absolute atomic E-state index is 3.67. The van der Waals surface area contributed by atoms with E-state index in [1.807, 2.05) is 0 Å². The van der Waals surface area contributed by atoms with Gasteiger partial charge in [-0.15, -0.1) is 0 Å². The molecule has 2 atom stereocenters. The maximum atomic E-state index is 3.67. The molecule has 7 aromatic rings. The lowest BCUT2D eigenvalue weighted by atomic mass is 9.94. The van der Waals surface area contributed by atoms with Crippen molar-refractivity contribution in [3.8, 4) is 39.1 Å². The zero-order valence-electron chi connectivity index (χ0n) is 30.3. The second-order valence-corrected chi connectivity index (χ2v) is 15.1. The molecule has 3 aliphatic carbocycles. The second-order valence-electron chi connectivity index (χ2n) is 15.1. The van der Waals surface area contributed by atoms with E-state index in [9.17, 15) is 0 Å². The van der Waals surface area contributed by atoms with Crippen molar-refractivity contribution in [1.29, 1.82) is 0 Å². The molecule has 2 unspecified atom stereocenters. The van der Waals surface area contributed by atoms with Crippen LogP contribution in [0.15, 0.2) is 164 Å². The Morgan fingerprint density at radius 2 is 1.50 bits per heavy atom. The molecule has 2 heterocycles. The molecule has 0 bridgehead atoms. The predicted molar refractivity (Wildman–Crippen MR) is 227 cm³/mol. The summed E-state index contributed by atoms with van der Waals surface area (Å²) in [7, 11) is 2.26. The van der Waals surface area contributed by atoms with Crippen molar-refractivity contribution >= 4 is 33.4 Å². The van der Waals surface area contributed by atoms with Crippen molar-refractivity contribution in [3.05, 3.63) is 198 Å². The minimum absolute atomic E-state index is 0. The van der Waals surface area contributed by atoms with Crippen LogP contribution in [0.25, 0.3) is 66.8 Å². The van der Waals surface area contributed by atoms with Gasteiger partial charge in [0.15, 0.2) is 0 Å². The quantitative estimate of drug-likeness (QED) is 0.178. The van der Waals surface area contributed by atoms with Crippen LogP contribution >= 0.6 is 0 Å². The molecule has 258 valence electrons. The van der Waals surface area contributed by atoms with Gasteiger partial charge in [0.1, 0.15) is 0 Å². The van der Waals surface area contributed by atoms with Crippen LogP contribution in [0, 0.1) is 18.1 Å². The number of aromatic nitrogens is 1. The van der Waals surface area contributed by atoms with Gasteiger partial charge in [0, 0.05) is 47.5 Å². The van der Waals surface area contributed by atoms with Crippen molar-refractivity contribution < 1.29 is 1.43 Å². The molecule has 1 fully saturated rings. The number of rotatable bonds is 4. The van der Waals surface area contributed by atoms with Gasteiger partial charge in [-0.25, -0.2) is 0 Å². The van der Waals surface area contributed by atoms with Crippen molar-refractivity contribution in [1.82, 2.24) is 4.57 Å². The lowest BCUT2D eigenvalue weighted by molar-refractivity contribution is 0.833. The summed E-state index contributed by atoms with van der Waals surface area (Å²) in [6.07, 6.45) is 14.4. The predicted octanol–water partition coefficient (Wildman–Crippen LogP) is 13.2. The first-order chi connectivity index (χ1) is 26.7. The summed E-state index contributed by atoms with van der Waals surface area (Å²) in [5.74, 6) is 1.14. The van der Waals surface area contributed by atoms with Crippen molar-refractivity contribution in [3.63, 3.8) is 0 Å². The molecule has 1 aliphatic heterocycles. The first-order valence-corrected chi connectivity index (χ1v) is 19.2. The van der Waals surface area contributed by atoms with Crippen LogP contribution < -0.4 is 4.90 Å². The van der Waals surface area contributed by atoms with Crippen LogP contribution in [-0.4, -0.2) is 11.6 Å². The van der Waals surface area contributed by atoms with Gasteiger partial charge in [-0.1, -0.05) is 140 Å². The average Bonchev–Trinajstić information content (AvgIpc) is 4.01. The van der Waals surface area contributed by atoms with Crippen LogP contribution in [0.3, 0.4) is 0 Å². The summed E-state index contributed by atoms with van der Waals surface area (Å²) in [6, 6.07) is 56.3. The Morgan fingerprint density at radius 3 is 2.37 bits per heavy atom. The van der Waals surface area contributed by atoms with Gasteiger partial charge in [0.2, 0.25) is 0 Å². The Labute approximate surface area is 318 Å². The topological polar surface area (TPSA) is 8.17 Å². The molecular formula is C52H40N2. The van der Waals surface area contributed by atoms with E-state index in [0.29, 0.717) is 11.8 Å². The maximum Gasteiger partial charge on any atom is 0.0624 e. The molecule has 11 rings (SSSR count). The Balaban J connectivity index is 0.00000372. The summed E-state index contributed by atoms with van der Waals surface area (Å²) in [6.45, 7) is 0. The minimum atomic E-state index is 0. The molecule has 0 saturated heterocycles.